The molecular formula is C19H24N8O2. The van der Waals surface area contributed by atoms with Gasteiger partial charge in [-0.2, -0.15) is 15.1 Å². The predicted octanol–water partition coefficient (Wildman–Crippen LogP) is 2.05. The Morgan fingerprint density at radius 3 is 2.93 bits per heavy atom. The summed E-state index contributed by atoms with van der Waals surface area (Å²) >= 11 is 0. The quantitative estimate of drug-likeness (QED) is 0.636. The Labute approximate surface area is 168 Å². The molecule has 1 fully saturated rings. The minimum Gasteiger partial charge on any atom is -0.458 e. The highest BCUT2D eigenvalue weighted by Gasteiger charge is 2.27. The maximum atomic E-state index is 11.8. The predicted molar refractivity (Wildman–Crippen MR) is 108 cm³/mol. The van der Waals surface area contributed by atoms with Crippen molar-refractivity contribution < 1.29 is 9.53 Å². The zero-order valence-corrected chi connectivity index (χ0v) is 16.7. The molecular weight excluding hydrogens is 372 g/mol. The largest absolute Gasteiger partial charge is 0.458 e. The van der Waals surface area contributed by atoms with Crippen LogP contribution in [-0.2, 0) is 11.8 Å². The lowest BCUT2D eigenvalue weighted by Gasteiger charge is -2.15. The van der Waals surface area contributed by atoms with E-state index in [2.05, 4.69) is 45.8 Å². The minimum atomic E-state index is -0.169. The first-order valence-electron chi connectivity index (χ1n) is 9.53. The number of carbonyl (C=O) groups excluding carboxylic acids is 1. The van der Waals surface area contributed by atoms with Gasteiger partial charge in [-0.3, -0.25) is 9.48 Å². The van der Waals surface area contributed by atoms with E-state index in [4.69, 9.17) is 4.74 Å². The molecule has 1 atom stereocenters. The van der Waals surface area contributed by atoms with Crippen molar-refractivity contribution >= 4 is 28.6 Å². The van der Waals surface area contributed by atoms with E-state index < -0.39 is 0 Å². The third kappa shape index (κ3) is 3.78. The molecule has 3 aromatic heterocycles. The minimum absolute atomic E-state index is 0.0933. The number of imidazole rings is 1. The topological polar surface area (TPSA) is 103 Å². The molecule has 0 aromatic carbocycles. The number of ether oxygens (including phenoxy) is 1. The highest BCUT2D eigenvalue weighted by Crippen LogP contribution is 2.27. The van der Waals surface area contributed by atoms with E-state index in [0.29, 0.717) is 30.1 Å². The van der Waals surface area contributed by atoms with Crippen molar-refractivity contribution in [3.8, 4) is 6.01 Å². The van der Waals surface area contributed by atoms with E-state index in [1.807, 2.05) is 17.8 Å². The summed E-state index contributed by atoms with van der Waals surface area (Å²) in [6.07, 6.45) is 7.19. The summed E-state index contributed by atoms with van der Waals surface area (Å²) in [4.78, 5) is 27.2. The van der Waals surface area contributed by atoms with Crippen LogP contribution in [0.15, 0.2) is 31.4 Å². The molecule has 0 radical (unpaired) electrons. The lowest BCUT2D eigenvalue weighted by Crippen LogP contribution is -2.29. The molecule has 0 aliphatic carbocycles. The Balaban J connectivity index is 1.65. The number of rotatable bonds is 6. The van der Waals surface area contributed by atoms with Crippen LogP contribution in [0.2, 0.25) is 0 Å². The van der Waals surface area contributed by atoms with Crippen molar-refractivity contribution in [3.05, 3.63) is 31.4 Å². The van der Waals surface area contributed by atoms with Crippen molar-refractivity contribution in [2.24, 2.45) is 7.05 Å². The maximum absolute atomic E-state index is 11.8. The van der Waals surface area contributed by atoms with Crippen LogP contribution < -0.4 is 10.1 Å². The fourth-order valence-corrected chi connectivity index (χ4v) is 3.34. The van der Waals surface area contributed by atoms with Crippen LogP contribution in [0.5, 0.6) is 6.01 Å². The summed E-state index contributed by atoms with van der Waals surface area (Å²) in [6, 6.07) is 0.436. The molecule has 4 rings (SSSR count). The lowest BCUT2D eigenvalue weighted by atomic mass is 10.3. The smallest absolute Gasteiger partial charge is 0.320 e. The van der Waals surface area contributed by atoms with Gasteiger partial charge < -0.3 is 19.5 Å². The molecule has 29 heavy (non-hydrogen) atoms. The van der Waals surface area contributed by atoms with Crippen LogP contribution in [0.25, 0.3) is 11.2 Å². The highest BCUT2D eigenvalue weighted by molar-refractivity contribution is 5.87. The molecule has 152 valence electrons. The van der Waals surface area contributed by atoms with Gasteiger partial charge >= 0.3 is 6.01 Å². The van der Waals surface area contributed by atoms with Gasteiger partial charge in [-0.1, -0.05) is 6.58 Å². The Kier molecular flexibility index (Phi) is 4.91. The Hall–Kier alpha value is -3.43. The molecule has 10 nitrogen and oxygen atoms in total. The molecule has 3 aromatic rings. The summed E-state index contributed by atoms with van der Waals surface area (Å²) in [6.45, 7) is 8.78. The van der Waals surface area contributed by atoms with Crippen LogP contribution in [0.3, 0.4) is 0 Å². The number of carbonyl (C=O) groups is 1. The number of aromatic nitrogens is 6. The normalized spacial score (nSPS) is 16.6. The molecule has 1 aliphatic heterocycles. The first kappa shape index (κ1) is 18.9. The van der Waals surface area contributed by atoms with Gasteiger partial charge in [0.05, 0.1) is 24.8 Å². The SMILES string of the molecule is C=CC(=O)N1CCC(Oc2nc(Nc3cnn(C)c3)c3ncn(C(C)C)c3n2)C1. The fraction of sp³-hybridized carbons (Fsp3) is 0.421. The standard InChI is InChI=1S/C19H24N8O2/c1-5-15(28)26-7-6-14(10-26)29-19-23-17(22-13-8-21-25(4)9-13)16-18(24-19)27(11-20-16)12(2)3/h5,8-9,11-12,14H,1,6-7,10H2,2-4H3,(H,22,23,24). The van der Waals surface area contributed by atoms with Gasteiger partial charge in [-0.25, -0.2) is 4.98 Å². The second kappa shape index (κ2) is 7.53. The molecule has 0 saturated carbocycles. The number of aryl methyl sites for hydroxylation is 1. The Morgan fingerprint density at radius 1 is 1.41 bits per heavy atom. The first-order valence-corrected chi connectivity index (χ1v) is 9.53. The van der Waals surface area contributed by atoms with Crippen LogP contribution in [0.4, 0.5) is 11.5 Å². The number of nitrogens with zero attached hydrogens (tertiary/aromatic N) is 7. The Bertz CT molecular complexity index is 1050. The van der Waals surface area contributed by atoms with Crippen LogP contribution in [0.1, 0.15) is 26.3 Å². The van der Waals surface area contributed by atoms with Crippen molar-refractivity contribution in [1.29, 1.82) is 0 Å². The number of nitrogens with one attached hydrogen (secondary N) is 1. The van der Waals surface area contributed by atoms with Crippen LogP contribution in [0, 0.1) is 0 Å². The number of fused-ring (bicyclic) bond motifs is 1. The summed E-state index contributed by atoms with van der Waals surface area (Å²) in [7, 11) is 1.85. The lowest BCUT2D eigenvalue weighted by molar-refractivity contribution is -0.125. The van der Waals surface area contributed by atoms with Crippen molar-refractivity contribution in [2.75, 3.05) is 18.4 Å². The third-order valence-corrected chi connectivity index (χ3v) is 4.83. The zero-order chi connectivity index (χ0) is 20.5. The molecule has 4 heterocycles. The summed E-state index contributed by atoms with van der Waals surface area (Å²) in [5, 5.41) is 7.43. The molecule has 10 heteroatoms. The second-order valence-corrected chi connectivity index (χ2v) is 7.32. The summed E-state index contributed by atoms with van der Waals surface area (Å²) in [5.41, 5.74) is 2.14. The fourth-order valence-electron chi connectivity index (χ4n) is 3.34. The molecule has 0 bridgehead atoms. The van der Waals surface area contributed by atoms with Gasteiger partial charge in [0, 0.05) is 32.3 Å². The van der Waals surface area contributed by atoms with E-state index >= 15 is 0 Å². The van der Waals surface area contributed by atoms with Crippen molar-refractivity contribution in [1.82, 2.24) is 34.2 Å². The molecule has 1 N–H and O–H groups in total. The van der Waals surface area contributed by atoms with Gasteiger partial charge in [0.25, 0.3) is 0 Å². The van der Waals surface area contributed by atoms with Crippen LogP contribution in [-0.4, -0.2) is 59.3 Å². The number of likely N-dealkylation sites (tertiary alicyclic amines) is 1. The Morgan fingerprint density at radius 2 is 2.24 bits per heavy atom. The maximum Gasteiger partial charge on any atom is 0.320 e. The number of hydrogen-bond acceptors (Lipinski definition) is 7. The summed E-state index contributed by atoms with van der Waals surface area (Å²) in [5.74, 6) is 0.457. The number of amides is 1. The second-order valence-electron chi connectivity index (χ2n) is 7.32. The summed E-state index contributed by atoms with van der Waals surface area (Å²) < 4.78 is 9.72. The van der Waals surface area contributed by atoms with Gasteiger partial charge in [0.15, 0.2) is 17.0 Å². The van der Waals surface area contributed by atoms with E-state index in [1.165, 1.54) is 6.08 Å². The van der Waals surface area contributed by atoms with E-state index in [9.17, 15) is 4.79 Å². The van der Waals surface area contributed by atoms with Gasteiger partial charge in [0.1, 0.15) is 6.10 Å². The third-order valence-electron chi connectivity index (χ3n) is 4.83. The van der Waals surface area contributed by atoms with Gasteiger partial charge in [0.2, 0.25) is 5.91 Å². The molecule has 1 saturated heterocycles. The number of hydrogen-bond donors (Lipinski definition) is 1. The molecule has 1 unspecified atom stereocenters. The van der Waals surface area contributed by atoms with Crippen LogP contribution >= 0.6 is 0 Å². The van der Waals surface area contributed by atoms with Crippen molar-refractivity contribution in [3.63, 3.8) is 0 Å². The van der Waals surface area contributed by atoms with Gasteiger partial charge in [-0.05, 0) is 19.9 Å². The average molecular weight is 396 g/mol. The molecule has 1 aliphatic rings. The highest BCUT2D eigenvalue weighted by atomic mass is 16.5. The van der Waals surface area contributed by atoms with Gasteiger partial charge in [-0.15, -0.1) is 0 Å². The van der Waals surface area contributed by atoms with Crippen molar-refractivity contribution in [2.45, 2.75) is 32.4 Å². The van der Waals surface area contributed by atoms with E-state index in [0.717, 1.165) is 12.1 Å². The van der Waals surface area contributed by atoms with E-state index in [-0.39, 0.29) is 24.1 Å². The molecule has 1 amide bonds. The average Bonchev–Trinajstić information content (AvgIpc) is 3.41. The van der Waals surface area contributed by atoms with E-state index in [1.54, 1.807) is 22.1 Å². The zero-order valence-electron chi connectivity index (χ0n) is 16.7. The number of anilines is 2. The first-order chi connectivity index (χ1) is 13.9. The molecule has 0 spiro atoms. The monoisotopic (exact) mass is 396 g/mol.